The zero-order valence-corrected chi connectivity index (χ0v) is 11.1. The first-order valence-corrected chi connectivity index (χ1v) is 7.62. The van der Waals surface area contributed by atoms with Crippen molar-refractivity contribution < 1.29 is 9.84 Å². The Hall–Kier alpha value is -0.670. The van der Waals surface area contributed by atoms with Gasteiger partial charge in [-0.15, -0.1) is 0 Å². The summed E-state index contributed by atoms with van der Waals surface area (Å²) in [4.78, 5) is 0. The fourth-order valence-corrected chi connectivity index (χ4v) is 2.19. The van der Waals surface area contributed by atoms with E-state index in [0.29, 0.717) is 6.10 Å². The molecule has 3 heteroatoms. The van der Waals surface area contributed by atoms with Gasteiger partial charge in [0.15, 0.2) is 0 Å². The van der Waals surface area contributed by atoms with Crippen molar-refractivity contribution >= 4 is 11.8 Å². The summed E-state index contributed by atoms with van der Waals surface area (Å²) < 4.78 is 5.67. The first-order valence-electron chi connectivity index (χ1n) is 6.23. The van der Waals surface area contributed by atoms with Crippen LogP contribution in [-0.4, -0.2) is 23.2 Å². The first kappa shape index (κ1) is 12.8. The fraction of sp³-hybridized carbons (Fsp3) is 0.571. The summed E-state index contributed by atoms with van der Waals surface area (Å²) in [5, 5.41) is 9.98. The normalized spacial score (nSPS) is 16.8. The van der Waals surface area contributed by atoms with Gasteiger partial charge in [0, 0.05) is 0 Å². The first-order chi connectivity index (χ1) is 8.29. The second kappa shape index (κ2) is 6.31. The predicted octanol–water partition coefficient (Wildman–Crippen LogP) is 3.40. The molecule has 0 aliphatic heterocycles. The molecule has 0 heterocycles. The molecule has 1 aliphatic carbocycles. The molecule has 1 saturated carbocycles. The van der Waals surface area contributed by atoms with Gasteiger partial charge in [0.25, 0.3) is 0 Å². The molecule has 0 spiro atoms. The minimum absolute atomic E-state index is 0.336. The lowest BCUT2D eigenvalue weighted by Gasteiger charge is -2.11. The quantitative estimate of drug-likeness (QED) is 0.754. The van der Waals surface area contributed by atoms with Crippen LogP contribution in [0.4, 0.5) is 0 Å². The number of hydrogen-bond acceptors (Lipinski definition) is 3. The van der Waals surface area contributed by atoms with Crippen LogP contribution < -0.4 is 4.74 Å². The van der Waals surface area contributed by atoms with E-state index in [1.807, 2.05) is 36.0 Å². The summed E-state index contributed by atoms with van der Waals surface area (Å²) in [6, 6.07) is 7.87. The van der Waals surface area contributed by atoms with E-state index >= 15 is 0 Å². The van der Waals surface area contributed by atoms with E-state index in [1.165, 1.54) is 12.8 Å². The summed E-state index contributed by atoms with van der Waals surface area (Å²) in [6.45, 7) is 0. The molecule has 1 atom stereocenters. The Bertz CT molecular complexity index is 333. The SMILES string of the molecule is CSCCCC(O)c1ccc(OC2CC2)cc1. The van der Waals surface area contributed by atoms with E-state index in [-0.39, 0.29) is 6.10 Å². The monoisotopic (exact) mass is 252 g/mol. The van der Waals surface area contributed by atoms with E-state index < -0.39 is 0 Å². The van der Waals surface area contributed by atoms with Crippen LogP contribution in [0, 0.1) is 0 Å². The molecule has 0 bridgehead atoms. The minimum Gasteiger partial charge on any atom is -0.490 e. The van der Waals surface area contributed by atoms with Crippen LogP contribution in [0.5, 0.6) is 5.75 Å². The van der Waals surface area contributed by atoms with Crippen LogP contribution in [0.15, 0.2) is 24.3 Å². The predicted molar refractivity (Wildman–Crippen MR) is 72.7 cm³/mol. The standard InChI is InChI=1S/C14H20O2S/c1-17-10-2-3-14(15)11-4-6-12(7-5-11)16-13-8-9-13/h4-7,13-15H,2-3,8-10H2,1H3. The molecule has 1 N–H and O–H groups in total. The minimum atomic E-state index is -0.336. The van der Waals surface area contributed by atoms with Crippen LogP contribution in [0.3, 0.4) is 0 Å². The van der Waals surface area contributed by atoms with Crippen molar-refractivity contribution in [1.82, 2.24) is 0 Å². The molecule has 1 fully saturated rings. The highest BCUT2D eigenvalue weighted by atomic mass is 32.2. The highest BCUT2D eigenvalue weighted by Gasteiger charge is 2.23. The molecule has 94 valence electrons. The van der Waals surface area contributed by atoms with Gasteiger partial charge in [-0.1, -0.05) is 12.1 Å². The number of ether oxygens (including phenoxy) is 1. The molecule has 2 nitrogen and oxygen atoms in total. The van der Waals surface area contributed by atoms with Crippen LogP contribution in [0.2, 0.25) is 0 Å². The maximum absolute atomic E-state index is 9.98. The van der Waals surface area contributed by atoms with Gasteiger partial charge in [0.2, 0.25) is 0 Å². The molecule has 0 saturated heterocycles. The highest BCUT2D eigenvalue weighted by Crippen LogP contribution is 2.28. The highest BCUT2D eigenvalue weighted by molar-refractivity contribution is 7.98. The third-order valence-corrected chi connectivity index (χ3v) is 3.61. The van der Waals surface area contributed by atoms with Crippen molar-refractivity contribution in [3.8, 4) is 5.75 Å². The number of rotatable bonds is 7. The van der Waals surface area contributed by atoms with Crippen LogP contribution in [-0.2, 0) is 0 Å². The second-order valence-electron chi connectivity index (χ2n) is 4.54. The topological polar surface area (TPSA) is 29.5 Å². The smallest absolute Gasteiger partial charge is 0.119 e. The fourth-order valence-electron chi connectivity index (χ4n) is 1.73. The van der Waals surface area contributed by atoms with Gasteiger partial charge in [-0.05, 0) is 55.4 Å². The summed E-state index contributed by atoms with van der Waals surface area (Å²) in [5.74, 6) is 2.03. The Morgan fingerprint density at radius 3 is 2.65 bits per heavy atom. The van der Waals surface area contributed by atoms with Crippen molar-refractivity contribution in [3.05, 3.63) is 29.8 Å². The summed E-state index contributed by atoms with van der Waals surface area (Å²) in [6.07, 6.45) is 6.45. The zero-order valence-electron chi connectivity index (χ0n) is 10.3. The number of aliphatic hydroxyl groups excluding tert-OH is 1. The van der Waals surface area contributed by atoms with Crippen LogP contribution in [0.25, 0.3) is 0 Å². The lowest BCUT2D eigenvalue weighted by Crippen LogP contribution is -1.99. The number of hydrogen-bond donors (Lipinski definition) is 1. The zero-order chi connectivity index (χ0) is 12.1. The third kappa shape index (κ3) is 4.25. The van der Waals surface area contributed by atoms with E-state index in [9.17, 15) is 5.11 Å². The summed E-state index contributed by atoms with van der Waals surface area (Å²) in [7, 11) is 0. The Morgan fingerprint density at radius 1 is 1.35 bits per heavy atom. The third-order valence-electron chi connectivity index (χ3n) is 2.92. The van der Waals surface area contributed by atoms with E-state index in [4.69, 9.17) is 4.74 Å². The molecule has 0 radical (unpaired) electrons. The molecule has 1 aliphatic rings. The lowest BCUT2D eigenvalue weighted by molar-refractivity contribution is 0.166. The Kier molecular flexibility index (Phi) is 4.75. The van der Waals surface area contributed by atoms with Crippen molar-refractivity contribution in [2.24, 2.45) is 0 Å². The molecular formula is C14H20O2S. The molecule has 0 amide bonds. The molecule has 1 unspecified atom stereocenters. The van der Waals surface area contributed by atoms with Gasteiger partial charge in [0.1, 0.15) is 5.75 Å². The van der Waals surface area contributed by atoms with Crippen LogP contribution >= 0.6 is 11.8 Å². The van der Waals surface area contributed by atoms with Gasteiger partial charge in [-0.25, -0.2) is 0 Å². The van der Waals surface area contributed by atoms with E-state index in [0.717, 1.165) is 29.9 Å². The molecule has 1 aromatic carbocycles. The Labute approximate surface area is 107 Å². The van der Waals surface area contributed by atoms with Crippen molar-refractivity contribution in [2.45, 2.75) is 37.9 Å². The summed E-state index contributed by atoms with van der Waals surface area (Å²) in [5.41, 5.74) is 0.995. The van der Waals surface area contributed by atoms with Gasteiger partial charge in [0.05, 0.1) is 12.2 Å². The maximum atomic E-state index is 9.98. The average molecular weight is 252 g/mol. The van der Waals surface area contributed by atoms with Gasteiger partial charge < -0.3 is 9.84 Å². The molecular weight excluding hydrogens is 232 g/mol. The molecule has 0 aromatic heterocycles. The number of thioether (sulfide) groups is 1. The van der Waals surface area contributed by atoms with Crippen LogP contribution in [0.1, 0.15) is 37.4 Å². The Morgan fingerprint density at radius 2 is 2.06 bits per heavy atom. The van der Waals surface area contributed by atoms with Crippen molar-refractivity contribution in [2.75, 3.05) is 12.0 Å². The van der Waals surface area contributed by atoms with Gasteiger partial charge >= 0.3 is 0 Å². The molecule has 1 aromatic rings. The van der Waals surface area contributed by atoms with E-state index in [1.54, 1.807) is 0 Å². The second-order valence-corrected chi connectivity index (χ2v) is 5.52. The summed E-state index contributed by atoms with van der Waals surface area (Å²) >= 11 is 1.82. The van der Waals surface area contributed by atoms with E-state index in [2.05, 4.69) is 6.26 Å². The van der Waals surface area contributed by atoms with Crippen molar-refractivity contribution in [1.29, 1.82) is 0 Å². The van der Waals surface area contributed by atoms with Gasteiger partial charge in [-0.2, -0.15) is 11.8 Å². The number of aliphatic hydroxyl groups is 1. The molecule has 17 heavy (non-hydrogen) atoms. The number of benzene rings is 1. The Balaban J connectivity index is 1.82. The average Bonchev–Trinajstić information content (AvgIpc) is 3.14. The lowest BCUT2D eigenvalue weighted by atomic mass is 10.1. The van der Waals surface area contributed by atoms with Gasteiger partial charge in [-0.3, -0.25) is 0 Å². The molecule has 2 rings (SSSR count). The maximum Gasteiger partial charge on any atom is 0.119 e. The van der Waals surface area contributed by atoms with Crippen molar-refractivity contribution in [3.63, 3.8) is 0 Å². The largest absolute Gasteiger partial charge is 0.490 e.